The summed E-state index contributed by atoms with van der Waals surface area (Å²) in [6, 6.07) is 25.7. The summed E-state index contributed by atoms with van der Waals surface area (Å²) in [7, 11) is -3.77. The van der Waals surface area contributed by atoms with Gasteiger partial charge in [0.15, 0.2) is 0 Å². The first kappa shape index (κ1) is 21.3. The van der Waals surface area contributed by atoms with Crippen LogP contribution in [-0.2, 0) is 10.0 Å². The Morgan fingerprint density at radius 3 is 2.07 bits per heavy atom. The summed E-state index contributed by atoms with van der Waals surface area (Å²) < 4.78 is 26.8. The van der Waals surface area contributed by atoms with Crippen LogP contribution in [0.25, 0.3) is 0 Å². The average molecular weight is 419 g/mol. The number of sulfonamides is 1. The maximum atomic E-state index is 12.7. The van der Waals surface area contributed by atoms with Crippen molar-refractivity contribution in [2.75, 3.05) is 13.1 Å². The second-order valence-corrected chi connectivity index (χ2v) is 8.41. The average Bonchev–Trinajstić information content (AvgIpc) is 2.79. The summed E-state index contributed by atoms with van der Waals surface area (Å²) in [6.07, 6.45) is 5.11. The summed E-state index contributed by atoms with van der Waals surface area (Å²) in [5, 5.41) is 2.93. The van der Waals surface area contributed by atoms with E-state index >= 15 is 0 Å². The van der Waals surface area contributed by atoms with Crippen LogP contribution in [0, 0.1) is 12.3 Å². The molecule has 3 aromatic rings. The molecular weight excluding hydrogens is 396 g/mol. The summed E-state index contributed by atoms with van der Waals surface area (Å²) in [5.41, 5.74) is 2.43. The van der Waals surface area contributed by atoms with Crippen LogP contribution in [0.1, 0.15) is 27.4 Å². The van der Waals surface area contributed by atoms with E-state index in [1.165, 1.54) is 18.2 Å². The quantitative estimate of drug-likeness (QED) is 0.552. The molecule has 0 radical (unpaired) electrons. The molecule has 0 heterocycles. The van der Waals surface area contributed by atoms with Gasteiger partial charge >= 0.3 is 0 Å². The summed E-state index contributed by atoms with van der Waals surface area (Å²) in [6.45, 7) is 0.258. The maximum absolute atomic E-state index is 12.7. The zero-order valence-electron chi connectivity index (χ0n) is 16.3. The van der Waals surface area contributed by atoms with Gasteiger partial charge in [0.1, 0.15) is 0 Å². The molecule has 30 heavy (non-hydrogen) atoms. The SMILES string of the molecule is C#CCNS(=O)(=O)c1cccc(C(=O)NCC(c2ccccc2)c2ccccc2)c1. The second kappa shape index (κ2) is 9.88. The molecule has 0 fully saturated rings. The Balaban J connectivity index is 1.78. The third-order valence-corrected chi connectivity index (χ3v) is 6.04. The number of carbonyl (C=O) groups is 1. The Kier molecular flexibility index (Phi) is 7.02. The molecule has 0 bridgehead atoms. The molecule has 0 atom stereocenters. The van der Waals surface area contributed by atoms with Gasteiger partial charge < -0.3 is 5.32 Å². The topological polar surface area (TPSA) is 75.3 Å². The van der Waals surface area contributed by atoms with Crippen LogP contribution in [0.2, 0.25) is 0 Å². The molecule has 1 amide bonds. The van der Waals surface area contributed by atoms with Gasteiger partial charge in [-0.25, -0.2) is 8.42 Å². The van der Waals surface area contributed by atoms with Crippen molar-refractivity contribution >= 4 is 15.9 Å². The highest BCUT2D eigenvalue weighted by Gasteiger charge is 2.18. The van der Waals surface area contributed by atoms with E-state index in [1.54, 1.807) is 6.07 Å². The monoisotopic (exact) mass is 418 g/mol. The first-order valence-corrected chi connectivity index (χ1v) is 10.9. The van der Waals surface area contributed by atoms with Crippen molar-refractivity contribution in [3.8, 4) is 12.3 Å². The standard InChI is InChI=1S/C24H22N2O3S/c1-2-16-26-30(28,29)22-15-9-14-21(17-22)24(27)25-18-23(19-10-5-3-6-11-19)20-12-7-4-8-13-20/h1,3-15,17,23,26H,16,18H2,(H,25,27). The van der Waals surface area contributed by atoms with Crippen molar-refractivity contribution in [1.29, 1.82) is 0 Å². The minimum atomic E-state index is -3.77. The molecule has 3 aromatic carbocycles. The molecular formula is C24H22N2O3S. The van der Waals surface area contributed by atoms with E-state index in [1.807, 2.05) is 60.7 Å². The van der Waals surface area contributed by atoms with Crippen molar-refractivity contribution in [2.24, 2.45) is 0 Å². The number of hydrogen-bond donors (Lipinski definition) is 2. The van der Waals surface area contributed by atoms with Crippen molar-refractivity contribution in [3.63, 3.8) is 0 Å². The smallest absolute Gasteiger partial charge is 0.251 e. The highest BCUT2D eigenvalue weighted by Crippen LogP contribution is 2.24. The minimum Gasteiger partial charge on any atom is -0.351 e. The zero-order valence-corrected chi connectivity index (χ0v) is 17.1. The Bertz CT molecular complexity index is 1100. The van der Waals surface area contributed by atoms with Crippen LogP contribution in [-0.4, -0.2) is 27.4 Å². The Morgan fingerprint density at radius 1 is 0.900 bits per heavy atom. The molecule has 0 spiro atoms. The Hall–Kier alpha value is -3.40. The fourth-order valence-corrected chi connectivity index (χ4v) is 4.10. The minimum absolute atomic E-state index is 0.00642. The number of carbonyl (C=O) groups excluding carboxylic acids is 1. The number of rotatable bonds is 8. The molecule has 0 aliphatic carbocycles. The lowest BCUT2D eigenvalue weighted by molar-refractivity contribution is 0.0952. The van der Waals surface area contributed by atoms with Gasteiger partial charge in [0.05, 0.1) is 11.4 Å². The van der Waals surface area contributed by atoms with Gasteiger partial charge in [-0.15, -0.1) is 6.42 Å². The molecule has 5 nitrogen and oxygen atoms in total. The number of terminal acetylenes is 1. The van der Waals surface area contributed by atoms with E-state index in [0.29, 0.717) is 6.54 Å². The van der Waals surface area contributed by atoms with Crippen LogP contribution in [0.3, 0.4) is 0 Å². The summed E-state index contributed by atoms with van der Waals surface area (Å²) in [5.74, 6) is 1.85. The van der Waals surface area contributed by atoms with Crippen LogP contribution in [0.5, 0.6) is 0 Å². The number of benzene rings is 3. The highest BCUT2D eigenvalue weighted by atomic mass is 32.2. The maximum Gasteiger partial charge on any atom is 0.251 e. The highest BCUT2D eigenvalue weighted by molar-refractivity contribution is 7.89. The lowest BCUT2D eigenvalue weighted by Crippen LogP contribution is -2.29. The van der Waals surface area contributed by atoms with Gasteiger partial charge in [0.25, 0.3) is 5.91 Å². The predicted molar refractivity (Wildman–Crippen MR) is 118 cm³/mol. The predicted octanol–water partition coefficient (Wildman–Crippen LogP) is 3.16. The van der Waals surface area contributed by atoms with E-state index in [0.717, 1.165) is 11.1 Å². The van der Waals surface area contributed by atoms with Gasteiger partial charge in [-0.3, -0.25) is 4.79 Å². The van der Waals surface area contributed by atoms with Gasteiger partial charge in [0.2, 0.25) is 10.0 Å². The normalized spacial score (nSPS) is 11.1. The van der Waals surface area contributed by atoms with E-state index in [9.17, 15) is 13.2 Å². The second-order valence-electron chi connectivity index (χ2n) is 6.64. The van der Waals surface area contributed by atoms with E-state index in [4.69, 9.17) is 6.42 Å². The fourth-order valence-electron chi connectivity index (χ4n) is 3.12. The number of amides is 1. The number of nitrogens with one attached hydrogen (secondary N) is 2. The molecule has 0 aliphatic rings. The van der Waals surface area contributed by atoms with Crippen LogP contribution in [0.15, 0.2) is 89.8 Å². The Morgan fingerprint density at radius 2 is 1.50 bits per heavy atom. The van der Waals surface area contributed by atoms with Gasteiger partial charge in [-0.05, 0) is 29.3 Å². The van der Waals surface area contributed by atoms with Crippen molar-refractivity contribution < 1.29 is 13.2 Å². The van der Waals surface area contributed by atoms with Crippen molar-refractivity contribution in [1.82, 2.24) is 10.0 Å². The molecule has 3 rings (SSSR count). The van der Waals surface area contributed by atoms with Gasteiger partial charge in [-0.1, -0.05) is 72.7 Å². The first-order chi connectivity index (χ1) is 14.5. The lowest BCUT2D eigenvalue weighted by atomic mass is 9.91. The summed E-state index contributed by atoms with van der Waals surface area (Å²) >= 11 is 0. The third kappa shape index (κ3) is 5.35. The number of hydrogen-bond acceptors (Lipinski definition) is 3. The largest absolute Gasteiger partial charge is 0.351 e. The lowest BCUT2D eigenvalue weighted by Gasteiger charge is -2.19. The molecule has 2 N–H and O–H groups in total. The van der Waals surface area contributed by atoms with Crippen LogP contribution in [0.4, 0.5) is 0 Å². The molecule has 0 aromatic heterocycles. The zero-order chi connectivity index (χ0) is 21.4. The van der Waals surface area contributed by atoms with E-state index in [2.05, 4.69) is 16.0 Å². The fraction of sp³-hybridized carbons (Fsp3) is 0.125. The summed E-state index contributed by atoms with van der Waals surface area (Å²) in [4.78, 5) is 12.7. The molecule has 0 unspecified atom stereocenters. The molecule has 0 saturated heterocycles. The molecule has 0 aliphatic heterocycles. The Labute approximate surface area is 177 Å². The van der Waals surface area contributed by atoms with Gasteiger partial charge in [0, 0.05) is 18.0 Å². The van der Waals surface area contributed by atoms with Crippen LogP contribution >= 0.6 is 0 Å². The van der Waals surface area contributed by atoms with E-state index < -0.39 is 10.0 Å². The van der Waals surface area contributed by atoms with Gasteiger partial charge in [-0.2, -0.15) is 4.72 Å². The van der Waals surface area contributed by atoms with Crippen molar-refractivity contribution in [3.05, 3.63) is 102 Å². The van der Waals surface area contributed by atoms with Crippen LogP contribution < -0.4 is 10.0 Å². The van der Waals surface area contributed by atoms with E-state index in [-0.39, 0.29) is 28.8 Å². The third-order valence-electron chi connectivity index (χ3n) is 4.64. The molecule has 152 valence electrons. The first-order valence-electron chi connectivity index (χ1n) is 9.42. The molecule has 0 saturated carbocycles. The van der Waals surface area contributed by atoms with Crippen molar-refractivity contribution in [2.45, 2.75) is 10.8 Å². The molecule has 6 heteroatoms.